The van der Waals surface area contributed by atoms with E-state index in [1.54, 1.807) is 0 Å². The first kappa shape index (κ1) is 12.9. The molecule has 0 heterocycles. The van der Waals surface area contributed by atoms with Gasteiger partial charge >= 0.3 is 5.97 Å². The van der Waals surface area contributed by atoms with Crippen molar-refractivity contribution in [1.29, 1.82) is 0 Å². The summed E-state index contributed by atoms with van der Waals surface area (Å²) in [5, 5.41) is 19.7. The molecule has 3 N–H and O–H groups in total. The third kappa shape index (κ3) is 4.81. The molecular formula is C9H17NO4. The topological polar surface area (TPSA) is 86.6 Å². The van der Waals surface area contributed by atoms with Gasteiger partial charge in [-0.1, -0.05) is 13.8 Å². The van der Waals surface area contributed by atoms with Gasteiger partial charge in [0, 0.05) is 6.42 Å². The van der Waals surface area contributed by atoms with Crippen LogP contribution in [0.25, 0.3) is 0 Å². The number of carboxylic acids is 1. The molecule has 0 radical (unpaired) electrons. The summed E-state index contributed by atoms with van der Waals surface area (Å²) in [7, 11) is 0. The zero-order valence-electron chi connectivity index (χ0n) is 8.70. The van der Waals surface area contributed by atoms with Crippen LogP contribution in [0.15, 0.2) is 0 Å². The Balaban J connectivity index is 4.00. The molecular weight excluding hydrogens is 186 g/mol. The smallest absolute Gasteiger partial charge is 0.356 e. The van der Waals surface area contributed by atoms with Crippen LogP contribution in [0.1, 0.15) is 33.6 Å². The number of rotatable bonds is 5. The van der Waals surface area contributed by atoms with Crippen LogP contribution < -0.4 is 5.32 Å². The number of carboxylic acid groups (broad SMARTS) is 1. The fourth-order valence-electron chi connectivity index (χ4n) is 0.807. The van der Waals surface area contributed by atoms with Crippen LogP contribution in [0, 0.1) is 5.92 Å². The first-order valence-corrected chi connectivity index (χ1v) is 4.52. The standard InChI is InChI=1S/C9H17NO4/c1-6(2)4-5-7(11)10-9(3,14)8(12)13/h6,14H,4-5H2,1-3H3,(H,10,11)(H,12,13)/t9-/m1/s1. The molecule has 5 heteroatoms. The van der Waals surface area contributed by atoms with Crippen molar-refractivity contribution in [3.05, 3.63) is 0 Å². The van der Waals surface area contributed by atoms with Gasteiger partial charge in [-0.15, -0.1) is 0 Å². The number of aliphatic hydroxyl groups is 1. The molecule has 0 aliphatic heterocycles. The number of amides is 1. The summed E-state index contributed by atoms with van der Waals surface area (Å²) in [4.78, 5) is 21.6. The summed E-state index contributed by atoms with van der Waals surface area (Å²) in [5.74, 6) is -1.54. The molecule has 0 fully saturated rings. The zero-order chi connectivity index (χ0) is 11.4. The van der Waals surface area contributed by atoms with Gasteiger partial charge in [0.1, 0.15) is 0 Å². The molecule has 0 aromatic carbocycles. The highest BCUT2D eigenvalue weighted by Gasteiger charge is 2.31. The Morgan fingerprint density at radius 2 is 1.93 bits per heavy atom. The van der Waals surface area contributed by atoms with Crippen LogP contribution in [0.2, 0.25) is 0 Å². The molecule has 5 nitrogen and oxygen atoms in total. The predicted molar refractivity (Wildman–Crippen MR) is 50.5 cm³/mol. The maximum Gasteiger partial charge on any atom is 0.356 e. The minimum atomic E-state index is -2.17. The number of carbonyl (C=O) groups excluding carboxylic acids is 1. The second-order valence-corrected chi connectivity index (χ2v) is 3.86. The van der Waals surface area contributed by atoms with Crippen molar-refractivity contribution in [3.8, 4) is 0 Å². The van der Waals surface area contributed by atoms with E-state index in [1.165, 1.54) is 0 Å². The lowest BCUT2D eigenvalue weighted by atomic mass is 10.1. The van der Waals surface area contributed by atoms with Gasteiger partial charge in [-0.05, 0) is 19.3 Å². The van der Waals surface area contributed by atoms with Crippen molar-refractivity contribution in [2.24, 2.45) is 5.92 Å². The highest BCUT2D eigenvalue weighted by molar-refractivity contribution is 5.85. The fourth-order valence-corrected chi connectivity index (χ4v) is 0.807. The van der Waals surface area contributed by atoms with Gasteiger partial charge < -0.3 is 15.5 Å². The van der Waals surface area contributed by atoms with E-state index < -0.39 is 17.6 Å². The largest absolute Gasteiger partial charge is 0.478 e. The highest BCUT2D eigenvalue weighted by Crippen LogP contribution is 2.05. The molecule has 0 rings (SSSR count). The SMILES string of the molecule is CC(C)CCC(=O)N[C@](C)(O)C(=O)O. The summed E-state index contributed by atoms with van der Waals surface area (Å²) in [6.45, 7) is 4.95. The van der Waals surface area contributed by atoms with Gasteiger partial charge in [0.15, 0.2) is 0 Å². The first-order chi connectivity index (χ1) is 6.25. The van der Waals surface area contributed by atoms with Crippen LogP contribution in [0.4, 0.5) is 0 Å². The highest BCUT2D eigenvalue weighted by atomic mass is 16.4. The average Bonchev–Trinajstić information content (AvgIpc) is 1.99. The molecule has 0 aromatic heterocycles. The lowest BCUT2D eigenvalue weighted by Crippen LogP contribution is -2.52. The summed E-state index contributed by atoms with van der Waals surface area (Å²) in [6, 6.07) is 0. The van der Waals surface area contributed by atoms with Gasteiger partial charge in [0.25, 0.3) is 0 Å². The van der Waals surface area contributed by atoms with E-state index in [9.17, 15) is 14.7 Å². The lowest BCUT2D eigenvalue weighted by molar-refractivity contribution is -0.163. The van der Waals surface area contributed by atoms with Crippen LogP contribution in [-0.4, -0.2) is 27.8 Å². The van der Waals surface area contributed by atoms with Crippen molar-refractivity contribution < 1.29 is 19.8 Å². The fraction of sp³-hybridized carbons (Fsp3) is 0.778. The molecule has 1 amide bonds. The van der Waals surface area contributed by atoms with E-state index in [-0.39, 0.29) is 6.42 Å². The van der Waals surface area contributed by atoms with Crippen molar-refractivity contribution in [1.82, 2.24) is 5.32 Å². The second kappa shape index (κ2) is 4.95. The van der Waals surface area contributed by atoms with Crippen LogP contribution in [0.5, 0.6) is 0 Å². The molecule has 82 valence electrons. The van der Waals surface area contributed by atoms with Crippen molar-refractivity contribution in [3.63, 3.8) is 0 Å². The number of aliphatic carboxylic acids is 1. The second-order valence-electron chi connectivity index (χ2n) is 3.86. The first-order valence-electron chi connectivity index (χ1n) is 4.52. The zero-order valence-corrected chi connectivity index (χ0v) is 8.70. The number of hydrogen-bond donors (Lipinski definition) is 3. The molecule has 1 atom stereocenters. The van der Waals surface area contributed by atoms with Crippen molar-refractivity contribution >= 4 is 11.9 Å². The number of carbonyl (C=O) groups is 2. The molecule has 0 unspecified atom stereocenters. The van der Waals surface area contributed by atoms with E-state index in [4.69, 9.17) is 5.11 Å². The normalized spacial score (nSPS) is 14.9. The average molecular weight is 203 g/mol. The van der Waals surface area contributed by atoms with Gasteiger partial charge in [-0.2, -0.15) is 0 Å². The number of hydrogen-bond acceptors (Lipinski definition) is 3. The van der Waals surface area contributed by atoms with Gasteiger partial charge in [-0.3, -0.25) is 4.79 Å². The van der Waals surface area contributed by atoms with Crippen LogP contribution >= 0.6 is 0 Å². The molecule has 0 aliphatic carbocycles. The lowest BCUT2D eigenvalue weighted by Gasteiger charge is -2.19. The van der Waals surface area contributed by atoms with E-state index in [2.05, 4.69) is 0 Å². The summed E-state index contributed by atoms with van der Waals surface area (Å²) in [6.07, 6.45) is 0.891. The molecule has 0 bridgehead atoms. The quantitative estimate of drug-likeness (QED) is 0.562. The summed E-state index contributed by atoms with van der Waals surface area (Å²) in [5.41, 5.74) is -2.17. The molecule has 0 aliphatic rings. The minimum Gasteiger partial charge on any atom is -0.478 e. The Kier molecular flexibility index (Phi) is 4.56. The van der Waals surface area contributed by atoms with E-state index >= 15 is 0 Å². The maximum absolute atomic E-state index is 11.1. The Labute approximate surface area is 83.1 Å². The Morgan fingerprint density at radius 3 is 2.29 bits per heavy atom. The Bertz CT molecular complexity index is 223. The Morgan fingerprint density at radius 1 is 1.43 bits per heavy atom. The van der Waals surface area contributed by atoms with Crippen LogP contribution in [0.3, 0.4) is 0 Å². The van der Waals surface area contributed by atoms with E-state index in [0.29, 0.717) is 12.3 Å². The monoisotopic (exact) mass is 203 g/mol. The molecule has 0 saturated carbocycles. The van der Waals surface area contributed by atoms with Gasteiger partial charge in [-0.25, -0.2) is 4.79 Å². The molecule has 14 heavy (non-hydrogen) atoms. The molecule has 0 spiro atoms. The third-order valence-electron chi connectivity index (χ3n) is 1.75. The molecule has 0 saturated heterocycles. The van der Waals surface area contributed by atoms with Gasteiger partial charge in [0.05, 0.1) is 0 Å². The van der Waals surface area contributed by atoms with E-state index in [0.717, 1.165) is 6.92 Å². The number of nitrogens with one attached hydrogen (secondary N) is 1. The maximum atomic E-state index is 11.1. The summed E-state index contributed by atoms with van der Waals surface area (Å²) < 4.78 is 0. The van der Waals surface area contributed by atoms with E-state index in [1.807, 2.05) is 19.2 Å². The summed E-state index contributed by atoms with van der Waals surface area (Å²) >= 11 is 0. The Hall–Kier alpha value is -1.10. The van der Waals surface area contributed by atoms with Crippen molar-refractivity contribution in [2.45, 2.75) is 39.3 Å². The molecule has 0 aromatic rings. The van der Waals surface area contributed by atoms with Crippen LogP contribution in [-0.2, 0) is 9.59 Å². The van der Waals surface area contributed by atoms with Crippen molar-refractivity contribution in [2.75, 3.05) is 0 Å². The predicted octanol–water partition coefficient (Wildman–Crippen LogP) is 0.332. The van der Waals surface area contributed by atoms with Gasteiger partial charge in [0.2, 0.25) is 11.6 Å². The third-order valence-corrected chi connectivity index (χ3v) is 1.75. The minimum absolute atomic E-state index is 0.223.